The van der Waals surface area contributed by atoms with Gasteiger partial charge in [-0.3, -0.25) is 14.5 Å². The molecule has 4 aromatic carbocycles. The predicted molar refractivity (Wildman–Crippen MR) is 199 cm³/mol. The number of β-lactam (4-membered cyclic amide) rings is 1. The summed E-state index contributed by atoms with van der Waals surface area (Å²) in [7, 11) is 0. The van der Waals surface area contributed by atoms with Crippen molar-refractivity contribution in [3.05, 3.63) is 114 Å². The van der Waals surface area contributed by atoms with Crippen molar-refractivity contribution in [1.82, 2.24) is 0 Å². The molecular weight excluding hydrogens is 797 g/mol. The molecule has 3 saturated heterocycles. The SMILES string of the molecule is O=C(CO[C@H]1C(=O)N(c2ccccc2)[C@@H]1c1ccc(-c2cccc(O[C@@H]3OC(C(=O)O)C(O)[C@H](O)C3O)c2)cc1O[C@@H]1OC(C(=O)O)C(O)[C@H](O)C1O)c1ccc(F)cc1. The molecule has 316 valence electrons. The number of aliphatic hydroxyl groups excluding tert-OH is 6. The summed E-state index contributed by atoms with van der Waals surface area (Å²) in [6.45, 7) is -0.598. The van der Waals surface area contributed by atoms with E-state index in [1.165, 1.54) is 47.4 Å². The van der Waals surface area contributed by atoms with Gasteiger partial charge in [0.1, 0.15) is 66.6 Å². The first-order valence-corrected chi connectivity index (χ1v) is 18.4. The molecule has 4 aromatic rings. The van der Waals surface area contributed by atoms with E-state index in [0.717, 1.165) is 12.1 Å². The molecule has 3 heterocycles. The number of amides is 1. The number of carbonyl (C=O) groups excluding carboxylic acids is 2. The number of nitrogens with zero attached hydrogens (tertiary/aromatic N) is 1. The predicted octanol–water partition coefficient (Wildman–Crippen LogP) is 0.391. The molecule has 8 N–H and O–H groups in total. The van der Waals surface area contributed by atoms with E-state index in [9.17, 15) is 64.4 Å². The number of aliphatic carboxylic acids is 2. The largest absolute Gasteiger partial charge is 0.479 e. The zero-order valence-corrected chi connectivity index (χ0v) is 31.0. The Bertz CT molecular complexity index is 2230. The van der Waals surface area contributed by atoms with E-state index in [0.29, 0.717) is 16.8 Å². The molecule has 6 unspecified atom stereocenters. The van der Waals surface area contributed by atoms with Gasteiger partial charge in [0.05, 0.1) is 0 Å². The van der Waals surface area contributed by atoms with Crippen LogP contribution in [0.25, 0.3) is 11.1 Å². The number of rotatable bonds is 13. The maximum absolute atomic E-state index is 13.8. The summed E-state index contributed by atoms with van der Waals surface area (Å²) >= 11 is 0. The molecule has 0 bridgehead atoms. The zero-order valence-electron chi connectivity index (χ0n) is 31.0. The van der Waals surface area contributed by atoms with Crippen molar-refractivity contribution in [1.29, 1.82) is 0 Å². The lowest BCUT2D eigenvalue weighted by Crippen LogP contribution is -2.62. The topological polar surface area (TPSA) is 280 Å². The first-order chi connectivity index (χ1) is 28.6. The number of ether oxygens (including phenoxy) is 5. The van der Waals surface area contributed by atoms with E-state index in [1.807, 2.05) is 0 Å². The van der Waals surface area contributed by atoms with Crippen molar-refractivity contribution < 1.29 is 88.1 Å². The van der Waals surface area contributed by atoms with Gasteiger partial charge in [0.2, 0.25) is 12.6 Å². The molecule has 3 fully saturated rings. The van der Waals surface area contributed by atoms with Gasteiger partial charge in [-0.1, -0.05) is 42.5 Å². The van der Waals surface area contributed by atoms with Gasteiger partial charge >= 0.3 is 11.9 Å². The molecule has 1 amide bonds. The van der Waals surface area contributed by atoms with Crippen LogP contribution in [0.2, 0.25) is 0 Å². The number of benzene rings is 4. The highest BCUT2D eigenvalue weighted by Crippen LogP contribution is 2.46. The quantitative estimate of drug-likeness (QED) is 0.0668. The third-order valence-electron chi connectivity index (χ3n) is 10.3. The summed E-state index contributed by atoms with van der Waals surface area (Å²) in [6.07, 6.45) is -20.8. The molecule has 3 aliphatic rings. The van der Waals surface area contributed by atoms with Crippen LogP contribution in [0.4, 0.5) is 10.1 Å². The Balaban J connectivity index is 1.26. The Labute approximate surface area is 338 Å². The summed E-state index contributed by atoms with van der Waals surface area (Å²) < 4.78 is 41.9. The minimum Gasteiger partial charge on any atom is -0.479 e. The van der Waals surface area contributed by atoms with Crippen molar-refractivity contribution in [2.45, 2.75) is 73.6 Å². The Morgan fingerprint density at radius 2 is 1.23 bits per heavy atom. The number of aliphatic hydroxyl groups is 6. The molecule has 0 radical (unpaired) electrons. The second-order valence-corrected chi connectivity index (χ2v) is 14.1. The lowest BCUT2D eigenvalue weighted by molar-refractivity contribution is -0.271. The highest BCUT2D eigenvalue weighted by atomic mass is 19.1. The normalized spacial score (nSPS) is 30.2. The molecule has 60 heavy (non-hydrogen) atoms. The van der Waals surface area contributed by atoms with Gasteiger partial charge in [-0.15, -0.1) is 0 Å². The Morgan fingerprint density at radius 1 is 0.650 bits per heavy atom. The summed E-state index contributed by atoms with van der Waals surface area (Å²) in [5, 5.41) is 81.8. The first-order valence-electron chi connectivity index (χ1n) is 18.4. The molecule has 0 saturated carbocycles. The number of hydrogen-bond acceptors (Lipinski definition) is 15. The Hall–Kier alpha value is -5.87. The molecular formula is C41H38FNO17. The highest BCUT2D eigenvalue weighted by Gasteiger charge is 2.53. The van der Waals surface area contributed by atoms with E-state index in [4.69, 9.17) is 23.7 Å². The minimum absolute atomic E-state index is 0.00222. The maximum Gasteiger partial charge on any atom is 0.335 e. The average molecular weight is 836 g/mol. The first kappa shape index (κ1) is 42.3. The fourth-order valence-corrected chi connectivity index (χ4v) is 7.06. The van der Waals surface area contributed by atoms with Crippen LogP contribution in [0.1, 0.15) is 22.0 Å². The number of hydrogen-bond donors (Lipinski definition) is 8. The van der Waals surface area contributed by atoms with E-state index in [-0.39, 0.29) is 22.6 Å². The molecule has 12 atom stereocenters. The maximum atomic E-state index is 13.8. The lowest BCUT2D eigenvalue weighted by Gasteiger charge is -2.47. The monoisotopic (exact) mass is 835 g/mol. The smallest absolute Gasteiger partial charge is 0.335 e. The Kier molecular flexibility index (Phi) is 12.2. The van der Waals surface area contributed by atoms with E-state index in [2.05, 4.69) is 0 Å². The van der Waals surface area contributed by atoms with Gasteiger partial charge in [-0.25, -0.2) is 14.0 Å². The number of carboxylic acid groups (broad SMARTS) is 2. The van der Waals surface area contributed by atoms with Crippen molar-refractivity contribution in [3.8, 4) is 22.6 Å². The summed E-state index contributed by atoms with van der Waals surface area (Å²) in [6, 6.07) is 22.5. The van der Waals surface area contributed by atoms with Crippen LogP contribution in [0, 0.1) is 5.82 Å². The van der Waals surface area contributed by atoms with Crippen LogP contribution in [0.5, 0.6) is 11.5 Å². The molecule has 0 aliphatic carbocycles. The average Bonchev–Trinajstić information content (AvgIpc) is 3.23. The molecule has 19 heteroatoms. The van der Waals surface area contributed by atoms with Crippen LogP contribution in [-0.2, 0) is 28.6 Å². The highest BCUT2D eigenvalue weighted by molar-refractivity contribution is 6.06. The second-order valence-electron chi connectivity index (χ2n) is 14.1. The molecule has 18 nitrogen and oxygen atoms in total. The van der Waals surface area contributed by atoms with Crippen molar-refractivity contribution in [2.75, 3.05) is 11.5 Å². The van der Waals surface area contributed by atoms with E-state index >= 15 is 0 Å². The standard InChI is InChI=1S/C41H38FNO17/c42-21-12-9-18(10-13-21)25(44)17-56-34-27(43(37(34)51)22-6-2-1-3-7-22)24-14-11-20(16-26(24)58-41-33(50)29(46)31(48)36(60-41)39(54)55)19-5-4-8-23(15-19)57-40-32(49)28(45)30(47)35(59-40)38(52)53/h1-16,27-36,40-41,45-50H,17H2,(H,52,53)(H,54,55)/t27-,28+,29+,30?,31?,32?,33?,34-,35?,36?,40-,41-/m1/s1. The van der Waals surface area contributed by atoms with Crippen LogP contribution in [-0.4, -0.2) is 139 Å². The summed E-state index contributed by atoms with van der Waals surface area (Å²) in [5.74, 6) is -5.12. The van der Waals surface area contributed by atoms with Crippen molar-refractivity contribution in [2.24, 2.45) is 0 Å². The lowest BCUT2D eigenvalue weighted by atomic mass is 9.87. The fraction of sp³-hybridized carbons (Fsp3) is 0.317. The minimum atomic E-state index is -2.04. The van der Waals surface area contributed by atoms with Gasteiger partial charge in [-0.05, 0) is 65.7 Å². The third-order valence-corrected chi connectivity index (χ3v) is 10.3. The molecule has 0 spiro atoms. The number of carboxylic acids is 2. The fourth-order valence-electron chi connectivity index (χ4n) is 7.06. The summed E-state index contributed by atoms with van der Waals surface area (Å²) in [4.78, 5) is 51.8. The van der Waals surface area contributed by atoms with E-state index in [1.54, 1.807) is 42.5 Å². The molecule has 7 rings (SSSR count). The van der Waals surface area contributed by atoms with Crippen LogP contribution >= 0.6 is 0 Å². The van der Waals surface area contributed by atoms with Crippen molar-refractivity contribution in [3.63, 3.8) is 0 Å². The number of halogens is 1. The number of anilines is 1. The number of para-hydroxylation sites is 1. The van der Waals surface area contributed by atoms with Crippen LogP contribution < -0.4 is 14.4 Å². The van der Waals surface area contributed by atoms with Crippen LogP contribution in [0.15, 0.2) is 97.1 Å². The Morgan fingerprint density at radius 3 is 1.83 bits per heavy atom. The third kappa shape index (κ3) is 8.30. The number of carbonyl (C=O) groups is 4. The molecule has 0 aromatic heterocycles. The second kappa shape index (κ2) is 17.4. The van der Waals surface area contributed by atoms with Gasteiger partial charge in [0, 0.05) is 16.8 Å². The zero-order chi connectivity index (χ0) is 43.0. The van der Waals surface area contributed by atoms with Gasteiger partial charge in [0.25, 0.3) is 5.91 Å². The van der Waals surface area contributed by atoms with Crippen molar-refractivity contribution >= 4 is 29.3 Å². The summed E-state index contributed by atoms with van der Waals surface area (Å²) in [5.41, 5.74) is 1.42. The van der Waals surface area contributed by atoms with E-state index < -0.39 is 110 Å². The number of ketones is 1. The molecule has 3 aliphatic heterocycles. The van der Waals surface area contributed by atoms with Gasteiger partial charge < -0.3 is 64.5 Å². The van der Waals surface area contributed by atoms with Crippen LogP contribution in [0.3, 0.4) is 0 Å². The van der Waals surface area contributed by atoms with Gasteiger partial charge in [0.15, 0.2) is 24.1 Å². The van der Waals surface area contributed by atoms with Gasteiger partial charge in [-0.2, -0.15) is 0 Å². The number of Topliss-reactive ketones (excluding diaryl/α,β-unsaturated/α-hetero) is 1.